The Morgan fingerprint density at radius 2 is 2.22 bits per heavy atom. The van der Waals surface area contributed by atoms with Gasteiger partial charge >= 0.3 is 0 Å². The van der Waals surface area contributed by atoms with Crippen LogP contribution in [0.15, 0.2) is 27.8 Å². The number of rotatable bonds is 5. The van der Waals surface area contributed by atoms with E-state index in [0.29, 0.717) is 12.0 Å². The SMILES string of the molecule is CCNC(=NCC(=O)NCc1ccco1)N1CCC(C)(C)C1.I. The van der Waals surface area contributed by atoms with Gasteiger partial charge in [0.1, 0.15) is 12.3 Å². The molecule has 1 aromatic heterocycles. The standard InChI is InChI=1S/C16H26N4O2.HI/c1-4-17-15(20-8-7-16(2,3)12-20)19-11-14(21)18-10-13-6-5-9-22-13;/h5-6,9H,4,7-8,10-12H2,1-3H3,(H,17,19)(H,18,21);1H. The summed E-state index contributed by atoms with van der Waals surface area (Å²) in [7, 11) is 0. The van der Waals surface area contributed by atoms with Gasteiger partial charge in [-0.1, -0.05) is 13.8 Å². The fraction of sp³-hybridized carbons (Fsp3) is 0.625. The summed E-state index contributed by atoms with van der Waals surface area (Å²) in [6.07, 6.45) is 2.74. The van der Waals surface area contributed by atoms with Gasteiger partial charge in [-0.3, -0.25) is 4.79 Å². The van der Waals surface area contributed by atoms with Crippen molar-refractivity contribution >= 4 is 35.8 Å². The van der Waals surface area contributed by atoms with E-state index in [2.05, 4.69) is 34.4 Å². The molecule has 130 valence electrons. The Hall–Kier alpha value is -1.25. The maximum absolute atomic E-state index is 11.9. The van der Waals surface area contributed by atoms with Crippen molar-refractivity contribution in [3.8, 4) is 0 Å². The Morgan fingerprint density at radius 1 is 1.43 bits per heavy atom. The van der Waals surface area contributed by atoms with Crippen LogP contribution in [0.1, 0.15) is 33.0 Å². The average Bonchev–Trinajstić information content (AvgIpc) is 3.10. The van der Waals surface area contributed by atoms with Gasteiger partial charge in [-0.25, -0.2) is 4.99 Å². The summed E-state index contributed by atoms with van der Waals surface area (Å²) in [5, 5.41) is 6.07. The Kier molecular flexibility index (Phi) is 7.87. The minimum absolute atomic E-state index is 0. The number of carbonyl (C=O) groups is 1. The number of furan rings is 1. The maximum atomic E-state index is 11.9. The van der Waals surface area contributed by atoms with E-state index in [1.807, 2.05) is 13.0 Å². The number of nitrogens with one attached hydrogen (secondary N) is 2. The molecule has 0 spiro atoms. The van der Waals surface area contributed by atoms with Gasteiger partial charge in [0.25, 0.3) is 0 Å². The lowest BCUT2D eigenvalue weighted by molar-refractivity contribution is -0.119. The first kappa shape index (κ1) is 19.8. The molecule has 0 aromatic carbocycles. The zero-order valence-electron chi connectivity index (χ0n) is 14.1. The summed E-state index contributed by atoms with van der Waals surface area (Å²) < 4.78 is 5.18. The first-order chi connectivity index (χ1) is 10.5. The van der Waals surface area contributed by atoms with Gasteiger partial charge in [-0.15, -0.1) is 24.0 Å². The normalized spacial score (nSPS) is 16.8. The third-order valence-electron chi connectivity index (χ3n) is 3.72. The molecule has 0 unspecified atom stereocenters. The molecule has 2 N–H and O–H groups in total. The van der Waals surface area contributed by atoms with Gasteiger partial charge in [0.2, 0.25) is 5.91 Å². The molecule has 7 heteroatoms. The molecule has 1 aliphatic heterocycles. The summed E-state index contributed by atoms with van der Waals surface area (Å²) in [5.74, 6) is 1.46. The monoisotopic (exact) mass is 434 g/mol. The van der Waals surface area contributed by atoms with Crippen LogP contribution in [0.4, 0.5) is 0 Å². The van der Waals surface area contributed by atoms with Crippen molar-refractivity contribution in [3.05, 3.63) is 24.2 Å². The molecule has 0 bridgehead atoms. The van der Waals surface area contributed by atoms with Gasteiger partial charge in [-0.05, 0) is 30.9 Å². The molecule has 1 amide bonds. The van der Waals surface area contributed by atoms with Crippen LogP contribution in [0.25, 0.3) is 0 Å². The number of carbonyl (C=O) groups excluding carboxylic acids is 1. The fourth-order valence-corrected chi connectivity index (χ4v) is 2.52. The van der Waals surface area contributed by atoms with Gasteiger partial charge in [0.15, 0.2) is 5.96 Å². The molecule has 0 radical (unpaired) electrons. The number of guanidine groups is 1. The van der Waals surface area contributed by atoms with Crippen molar-refractivity contribution in [2.45, 2.75) is 33.7 Å². The van der Waals surface area contributed by atoms with E-state index in [0.717, 1.165) is 37.8 Å². The quantitative estimate of drug-likeness (QED) is 0.424. The lowest BCUT2D eigenvalue weighted by atomic mass is 9.93. The highest BCUT2D eigenvalue weighted by atomic mass is 127. The molecule has 6 nitrogen and oxygen atoms in total. The van der Waals surface area contributed by atoms with Crippen LogP contribution >= 0.6 is 24.0 Å². The molecule has 0 saturated carbocycles. The van der Waals surface area contributed by atoms with E-state index in [9.17, 15) is 4.79 Å². The van der Waals surface area contributed by atoms with Crippen molar-refractivity contribution in [3.63, 3.8) is 0 Å². The summed E-state index contributed by atoms with van der Waals surface area (Å²) in [6, 6.07) is 3.64. The van der Waals surface area contributed by atoms with Gasteiger partial charge in [0.05, 0.1) is 12.8 Å². The minimum Gasteiger partial charge on any atom is -0.467 e. The molecule has 0 atom stereocenters. The highest BCUT2D eigenvalue weighted by Gasteiger charge is 2.30. The Balaban J connectivity index is 0.00000264. The van der Waals surface area contributed by atoms with E-state index >= 15 is 0 Å². The lowest BCUT2D eigenvalue weighted by Gasteiger charge is -2.23. The maximum Gasteiger partial charge on any atom is 0.242 e. The van der Waals surface area contributed by atoms with Crippen molar-refractivity contribution < 1.29 is 9.21 Å². The highest BCUT2D eigenvalue weighted by molar-refractivity contribution is 14.0. The molecule has 2 heterocycles. The Labute approximate surface area is 155 Å². The summed E-state index contributed by atoms with van der Waals surface area (Å²) in [6.45, 7) is 9.81. The van der Waals surface area contributed by atoms with E-state index in [1.54, 1.807) is 12.3 Å². The van der Waals surface area contributed by atoms with Crippen molar-refractivity contribution in [2.24, 2.45) is 10.4 Å². The summed E-state index contributed by atoms with van der Waals surface area (Å²) >= 11 is 0. The second kappa shape index (κ2) is 9.14. The minimum atomic E-state index is -0.106. The van der Waals surface area contributed by atoms with Gasteiger partial charge < -0.3 is 20.0 Å². The molecule has 2 rings (SSSR count). The molecule has 23 heavy (non-hydrogen) atoms. The van der Waals surface area contributed by atoms with E-state index < -0.39 is 0 Å². The van der Waals surface area contributed by atoms with Crippen LogP contribution < -0.4 is 10.6 Å². The zero-order valence-corrected chi connectivity index (χ0v) is 16.4. The van der Waals surface area contributed by atoms with Crippen molar-refractivity contribution in [1.29, 1.82) is 0 Å². The van der Waals surface area contributed by atoms with E-state index in [4.69, 9.17) is 4.42 Å². The zero-order chi connectivity index (χ0) is 16.0. The van der Waals surface area contributed by atoms with E-state index in [-0.39, 0.29) is 36.4 Å². The lowest BCUT2D eigenvalue weighted by Crippen LogP contribution is -2.41. The topological polar surface area (TPSA) is 69.9 Å². The van der Waals surface area contributed by atoms with Crippen LogP contribution in [0.2, 0.25) is 0 Å². The number of likely N-dealkylation sites (tertiary alicyclic amines) is 1. The largest absolute Gasteiger partial charge is 0.467 e. The third-order valence-corrected chi connectivity index (χ3v) is 3.72. The fourth-order valence-electron chi connectivity index (χ4n) is 2.52. The molecule has 1 aliphatic rings. The molecule has 1 fully saturated rings. The number of nitrogens with zero attached hydrogens (tertiary/aromatic N) is 2. The molecule has 0 aliphatic carbocycles. The number of aliphatic imine (C=N–C) groups is 1. The predicted octanol–water partition coefficient (Wildman–Crippen LogP) is 2.21. The van der Waals surface area contributed by atoms with Crippen LogP contribution in [-0.4, -0.2) is 42.9 Å². The van der Waals surface area contributed by atoms with E-state index in [1.165, 1.54) is 0 Å². The Morgan fingerprint density at radius 3 is 2.78 bits per heavy atom. The molecular weight excluding hydrogens is 407 g/mol. The Bertz CT molecular complexity index is 514. The van der Waals surface area contributed by atoms with Crippen LogP contribution in [0.3, 0.4) is 0 Å². The first-order valence-electron chi connectivity index (χ1n) is 7.82. The summed E-state index contributed by atoms with van der Waals surface area (Å²) in [4.78, 5) is 18.6. The molecule has 1 saturated heterocycles. The predicted molar refractivity (Wildman–Crippen MR) is 102 cm³/mol. The van der Waals surface area contributed by atoms with Gasteiger partial charge in [0, 0.05) is 19.6 Å². The average molecular weight is 434 g/mol. The molecular formula is C16H27IN4O2. The van der Waals surface area contributed by atoms with Crippen LogP contribution in [0, 0.1) is 5.41 Å². The van der Waals surface area contributed by atoms with Crippen molar-refractivity contribution in [1.82, 2.24) is 15.5 Å². The second-order valence-corrected chi connectivity index (χ2v) is 6.36. The first-order valence-corrected chi connectivity index (χ1v) is 7.82. The van der Waals surface area contributed by atoms with Gasteiger partial charge in [-0.2, -0.15) is 0 Å². The summed E-state index contributed by atoms with van der Waals surface area (Å²) in [5.41, 5.74) is 0.303. The third kappa shape index (κ3) is 6.40. The van der Waals surface area contributed by atoms with Crippen LogP contribution in [0.5, 0.6) is 0 Å². The highest BCUT2D eigenvalue weighted by Crippen LogP contribution is 2.28. The second-order valence-electron chi connectivity index (χ2n) is 6.36. The van der Waals surface area contributed by atoms with Crippen LogP contribution in [-0.2, 0) is 11.3 Å². The number of amides is 1. The smallest absolute Gasteiger partial charge is 0.242 e. The number of hydrogen-bond donors (Lipinski definition) is 2. The number of halogens is 1. The molecule has 1 aromatic rings. The van der Waals surface area contributed by atoms with Crippen molar-refractivity contribution in [2.75, 3.05) is 26.2 Å². The number of hydrogen-bond acceptors (Lipinski definition) is 3.